The van der Waals surface area contributed by atoms with Gasteiger partial charge in [-0.25, -0.2) is 10.5 Å². The molecule has 0 radical (unpaired) electrons. The number of hydrogen-bond acceptors (Lipinski definition) is 4. The van der Waals surface area contributed by atoms with Crippen LogP contribution < -0.4 is 5.48 Å². The van der Waals surface area contributed by atoms with Gasteiger partial charge < -0.3 is 5.21 Å². The topological polar surface area (TPSA) is 45.2 Å². The van der Waals surface area contributed by atoms with Crippen LogP contribution in [-0.2, 0) is 6.54 Å². The molecule has 2 N–H and O–H groups in total. The first-order valence-corrected chi connectivity index (χ1v) is 3.43. The number of aromatic nitrogens is 1. The van der Waals surface area contributed by atoms with Crippen LogP contribution >= 0.6 is 11.3 Å². The van der Waals surface area contributed by atoms with E-state index >= 15 is 0 Å². The Bertz CT molecular complexity index is 187. The van der Waals surface area contributed by atoms with E-state index in [9.17, 15) is 0 Å². The van der Waals surface area contributed by atoms with E-state index in [2.05, 4.69) is 10.5 Å². The molecule has 0 aliphatic heterocycles. The Hall–Kier alpha value is -0.450. The smallest absolute Gasteiger partial charge is 0.0897 e. The summed E-state index contributed by atoms with van der Waals surface area (Å²) in [6.45, 7) is 2.43. The van der Waals surface area contributed by atoms with Crippen molar-refractivity contribution in [3.05, 3.63) is 16.1 Å². The van der Waals surface area contributed by atoms with E-state index in [1.165, 1.54) is 0 Å². The van der Waals surface area contributed by atoms with Crippen molar-refractivity contribution in [2.24, 2.45) is 0 Å². The van der Waals surface area contributed by atoms with E-state index in [0.29, 0.717) is 6.54 Å². The van der Waals surface area contributed by atoms with Crippen molar-refractivity contribution in [2.45, 2.75) is 13.5 Å². The van der Waals surface area contributed by atoms with Crippen molar-refractivity contribution in [2.75, 3.05) is 0 Å². The van der Waals surface area contributed by atoms with Crippen LogP contribution in [0.25, 0.3) is 0 Å². The fraction of sp³-hybridized carbons (Fsp3) is 0.400. The molecule has 0 atom stereocenters. The summed E-state index contributed by atoms with van der Waals surface area (Å²) in [5.74, 6) is 0. The summed E-state index contributed by atoms with van der Waals surface area (Å²) < 4.78 is 0. The van der Waals surface area contributed by atoms with E-state index in [1.807, 2.05) is 6.92 Å². The average molecular weight is 144 g/mol. The van der Waals surface area contributed by atoms with E-state index in [0.717, 1.165) is 9.88 Å². The Labute approximate surface area is 57.3 Å². The molecule has 1 aromatic rings. The first-order chi connectivity index (χ1) is 4.33. The maximum Gasteiger partial charge on any atom is 0.0897 e. The number of hydroxylamine groups is 1. The Morgan fingerprint density at radius 1 is 1.89 bits per heavy atom. The van der Waals surface area contributed by atoms with Crippen LogP contribution in [0.5, 0.6) is 0 Å². The zero-order valence-corrected chi connectivity index (χ0v) is 5.90. The third-order valence-corrected chi connectivity index (χ3v) is 1.84. The molecule has 1 aromatic heterocycles. The third kappa shape index (κ3) is 1.74. The first-order valence-electron chi connectivity index (χ1n) is 2.61. The second-order valence-electron chi connectivity index (χ2n) is 1.68. The minimum atomic E-state index is 0.492. The maximum atomic E-state index is 8.26. The fourth-order valence-corrected chi connectivity index (χ4v) is 1.29. The summed E-state index contributed by atoms with van der Waals surface area (Å²) in [5, 5.41) is 9.29. The van der Waals surface area contributed by atoms with Crippen molar-refractivity contribution in [3.63, 3.8) is 0 Å². The van der Waals surface area contributed by atoms with Crippen molar-refractivity contribution >= 4 is 11.3 Å². The number of rotatable bonds is 2. The summed E-state index contributed by atoms with van der Waals surface area (Å²) in [7, 11) is 0. The van der Waals surface area contributed by atoms with Crippen LogP contribution in [0.1, 0.15) is 9.88 Å². The van der Waals surface area contributed by atoms with E-state index in [1.54, 1.807) is 17.5 Å². The van der Waals surface area contributed by atoms with Gasteiger partial charge in [0, 0.05) is 11.1 Å². The van der Waals surface area contributed by atoms with Gasteiger partial charge in [-0.15, -0.1) is 11.3 Å². The van der Waals surface area contributed by atoms with Crippen molar-refractivity contribution < 1.29 is 5.21 Å². The predicted molar refractivity (Wildman–Crippen MR) is 35.5 cm³/mol. The quantitative estimate of drug-likeness (QED) is 0.607. The van der Waals surface area contributed by atoms with Crippen LogP contribution in [-0.4, -0.2) is 10.2 Å². The molecule has 0 spiro atoms. The summed E-state index contributed by atoms with van der Waals surface area (Å²) in [5.41, 5.74) is 2.07. The second-order valence-corrected chi connectivity index (χ2v) is 3.00. The van der Waals surface area contributed by atoms with E-state index in [4.69, 9.17) is 5.21 Å². The molecule has 0 unspecified atom stereocenters. The van der Waals surface area contributed by atoms with Gasteiger partial charge in [0.1, 0.15) is 0 Å². The third-order valence-electron chi connectivity index (χ3n) is 0.922. The van der Waals surface area contributed by atoms with Gasteiger partial charge in [-0.3, -0.25) is 0 Å². The Balaban J connectivity index is 2.61. The molecule has 0 bridgehead atoms. The molecule has 0 aliphatic carbocycles. The SMILES string of the molecule is Cc1ncc(CNO)s1. The lowest BCUT2D eigenvalue weighted by Gasteiger charge is -1.87. The van der Waals surface area contributed by atoms with Crippen LogP contribution in [0.4, 0.5) is 0 Å². The highest BCUT2D eigenvalue weighted by Crippen LogP contribution is 2.09. The van der Waals surface area contributed by atoms with Gasteiger partial charge >= 0.3 is 0 Å². The summed E-state index contributed by atoms with van der Waals surface area (Å²) in [4.78, 5) is 5.05. The molecule has 0 saturated carbocycles. The van der Waals surface area contributed by atoms with Crippen molar-refractivity contribution in [1.29, 1.82) is 0 Å². The highest BCUT2D eigenvalue weighted by Gasteiger charge is 1.94. The standard InChI is InChI=1S/C5H8N2OS/c1-4-6-2-5(9-4)3-7-8/h2,7-8H,3H2,1H3. The molecule has 4 heteroatoms. The molecule has 1 rings (SSSR count). The molecular formula is C5H8N2OS. The van der Waals surface area contributed by atoms with Gasteiger partial charge in [0.2, 0.25) is 0 Å². The fourth-order valence-electron chi connectivity index (χ4n) is 0.565. The van der Waals surface area contributed by atoms with Gasteiger partial charge in [-0.2, -0.15) is 0 Å². The lowest BCUT2D eigenvalue weighted by molar-refractivity contribution is 0.162. The van der Waals surface area contributed by atoms with Gasteiger partial charge in [0.05, 0.1) is 11.6 Å². The molecule has 9 heavy (non-hydrogen) atoms. The van der Waals surface area contributed by atoms with Gasteiger partial charge in [0.25, 0.3) is 0 Å². The largest absolute Gasteiger partial charge is 0.316 e. The maximum absolute atomic E-state index is 8.26. The van der Waals surface area contributed by atoms with Crippen molar-refractivity contribution in [3.8, 4) is 0 Å². The molecule has 3 nitrogen and oxygen atoms in total. The van der Waals surface area contributed by atoms with Crippen molar-refractivity contribution in [1.82, 2.24) is 10.5 Å². The van der Waals surface area contributed by atoms with Crippen LogP contribution in [0.2, 0.25) is 0 Å². The molecule has 0 saturated heterocycles. The molecule has 50 valence electrons. The van der Waals surface area contributed by atoms with Crippen LogP contribution in [0, 0.1) is 6.92 Å². The minimum Gasteiger partial charge on any atom is -0.316 e. The average Bonchev–Trinajstić information content (AvgIpc) is 2.17. The number of aryl methyl sites for hydroxylation is 1. The zero-order valence-electron chi connectivity index (χ0n) is 5.09. The molecular weight excluding hydrogens is 136 g/mol. The van der Waals surface area contributed by atoms with Crippen LogP contribution in [0.3, 0.4) is 0 Å². The summed E-state index contributed by atoms with van der Waals surface area (Å²) in [6, 6.07) is 0. The highest BCUT2D eigenvalue weighted by molar-refractivity contribution is 7.11. The summed E-state index contributed by atoms with van der Waals surface area (Å²) >= 11 is 1.58. The monoisotopic (exact) mass is 144 g/mol. The zero-order chi connectivity index (χ0) is 6.69. The number of hydrogen-bond donors (Lipinski definition) is 2. The molecule has 0 amide bonds. The molecule has 0 aromatic carbocycles. The number of nitrogens with zero attached hydrogens (tertiary/aromatic N) is 1. The lowest BCUT2D eigenvalue weighted by atomic mass is 10.6. The first kappa shape index (κ1) is 6.67. The van der Waals surface area contributed by atoms with E-state index < -0.39 is 0 Å². The van der Waals surface area contributed by atoms with Gasteiger partial charge in [-0.05, 0) is 6.92 Å². The Morgan fingerprint density at radius 3 is 3.11 bits per heavy atom. The normalized spacial score (nSPS) is 10.0. The molecule has 0 aliphatic rings. The minimum absolute atomic E-state index is 0.492. The Kier molecular flexibility index (Phi) is 2.16. The molecule has 1 heterocycles. The number of thiazole rings is 1. The van der Waals surface area contributed by atoms with E-state index in [-0.39, 0.29) is 0 Å². The van der Waals surface area contributed by atoms with Crippen LogP contribution in [0.15, 0.2) is 6.20 Å². The highest BCUT2D eigenvalue weighted by atomic mass is 32.1. The van der Waals surface area contributed by atoms with Gasteiger partial charge in [0.15, 0.2) is 0 Å². The van der Waals surface area contributed by atoms with Gasteiger partial charge in [-0.1, -0.05) is 0 Å². The second kappa shape index (κ2) is 2.91. The summed E-state index contributed by atoms with van der Waals surface area (Å²) in [6.07, 6.45) is 1.75. The Morgan fingerprint density at radius 2 is 2.67 bits per heavy atom. The molecule has 0 fully saturated rings. The predicted octanol–water partition coefficient (Wildman–Crippen LogP) is 0.930. The lowest BCUT2D eigenvalue weighted by Crippen LogP contribution is -2.03. The number of nitrogens with one attached hydrogen (secondary N) is 1.